The van der Waals surface area contributed by atoms with E-state index in [1.807, 2.05) is 0 Å². The molecular weight excluding hydrogens is 398 g/mol. The monoisotopic (exact) mass is 419 g/mol. The van der Waals surface area contributed by atoms with Gasteiger partial charge in [-0.3, -0.25) is 9.59 Å². The lowest BCUT2D eigenvalue weighted by Gasteiger charge is -2.24. The van der Waals surface area contributed by atoms with Gasteiger partial charge < -0.3 is 23.9 Å². The van der Waals surface area contributed by atoms with Gasteiger partial charge in [0.25, 0.3) is 11.7 Å². The molecular formula is C24H21NO6. The fourth-order valence-corrected chi connectivity index (χ4v) is 3.68. The van der Waals surface area contributed by atoms with Crippen molar-refractivity contribution in [2.75, 3.05) is 14.2 Å². The topological polar surface area (TPSA) is 89.2 Å². The van der Waals surface area contributed by atoms with E-state index in [1.165, 1.54) is 25.4 Å². The third-order valence-corrected chi connectivity index (χ3v) is 5.22. The summed E-state index contributed by atoms with van der Waals surface area (Å²) in [5.74, 6) is -0.00771. The molecule has 0 aliphatic carbocycles. The van der Waals surface area contributed by atoms with Crippen molar-refractivity contribution < 1.29 is 28.6 Å². The number of rotatable bonds is 6. The number of aliphatic hydroxyl groups excluding tert-OH is 1. The number of carbonyl (C=O) groups excluding carboxylic acids is 2. The molecule has 4 rings (SSSR count). The predicted molar refractivity (Wildman–Crippen MR) is 113 cm³/mol. The highest BCUT2D eigenvalue weighted by atomic mass is 16.5. The molecule has 7 nitrogen and oxygen atoms in total. The number of hydrogen-bond acceptors (Lipinski definition) is 6. The molecule has 158 valence electrons. The zero-order valence-corrected chi connectivity index (χ0v) is 17.1. The van der Waals surface area contributed by atoms with Crippen molar-refractivity contribution in [3.63, 3.8) is 0 Å². The summed E-state index contributed by atoms with van der Waals surface area (Å²) in [6, 6.07) is 16.3. The van der Waals surface area contributed by atoms with Crippen LogP contribution < -0.4 is 9.47 Å². The Hall–Kier alpha value is -4.00. The van der Waals surface area contributed by atoms with Gasteiger partial charge in [-0.05, 0) is 54.1 Å². The van der Waals surface area contributed by atoms with Crippen molar-refractivity contribution in [3.05, 3.63) is 89.4 Å². The summed E-state index contributed by atoms with van der Waals surface area (Å²) in [6.45, 7) is 0.0822. The second-order valence-electron chi connectivity index (χ2n) is 7.01. The Bertz CT molecular complexity index is 1130. The van der Waals surface area contributed by atoms with Crippen LogP contribution in [0.1, 0.15) is 22.9 Å². The molecule has 2 aromatic carbocycles. The Morgan fingerprint density at radius 2 is 1.74 bits per heavy atom. The molecule has 1 aliphatic rings. The molecule has 0 bridgehead atoms. The second-order valence-corrected chi connectivity index (χ2v) is 7.01. The van der Waals surface area contributed by atoms with E-state index in [0.29, 0.717) is 28.4 Å². The third kappa shape index (κ3) is 3.77. The quantitative estimate of drug-likeness (QED) is 0.370. The van der Waals surface area contributed by atoms with Gasteiger partial charge in [0.15, 0.2) is 0 Å². The van der Waals surface area contributed by atoms with Gasteiger partial charge in [-0.1, -0.05) is 12.1 Å². The van der Waals surface area contributed by atoms with Crippen molar-refractivity contribution in [2.24, 2.45) is 0 Å². The van der Waals surface area contributed by atoms with E-state index in [-0.39, 0.29) is 17.9 Å². The van der Waals surface area contributed by atoms with Crippen molar-refractivity contribution in [3.8, 4) is 11.5 Å². The van der Waals surface area contributed by atoms with Crippen molar-refractivity contribution in [1.29, 1.82) is 0 Å². The average molecular weight is 419 g/mol. The molecule has 0 spiro atoms. The zero-order valence-electron chi connectivity index (χ0n) is 17.1. The molecule has 1 unspecified atom stereocenters. The molecule has 1 aliphatic heterocycles. The first-order chi connectivity index (χ1) is 15.0. The highest BCUT2D eigenvalue weighted by Gasteiger charge is 2.46. The van der Waals surface area contributed by atoms with Crippen LogP contribution in [0.4, 0.5) is 0 Å². The number of Topliss-reactive ketones (excluding diaryl/α,β-unsaturated/α-hetero) is 1. The van der Waals surface area contributed by atoms with E-state index < -0.39 is 17.7 Å². The molecule has 0 saturated carbocycles. The molecule has 1 N–H and O–H groups in total. The van der Waals surface area contributed by atoms with Crippen LogP contribution >= 0.6 is 0 Å². The third-order valence-electron chi connectivity index (χ3n) is 5.22. The standard InChI is InChI=1S/C24H21NO6/c1-29-17-10-8-15(9-11-17)22(26)20-21(16-5-3-6-18(13-16)30-2)25(24(28)23(20)27)14-19-7-4-12-31-19/h3-13,21,26H,14H2,1-2H3. The van der Waals surface area contributed by atoms with Crippen LogP contribution in [-0.4, -0.2) is 35.9 Å². The van der Waals surface area contributed by atoms with Crippen LogP contribution in [0.3, 0.4) is 0 Å². The molecule has 1 amide bonds. The number of ketones is 1. The fourth-order valence-electron chi connectivity index (χ4n) is 3.68. The van der Waals surface area contributed by atoms with Gasteiger partial charge in [-0.25, -0.2) is 0 Å². The minimum atomic E-state index is -0.803. The average Bonchev–Trinajstić information content (AvgIpc) is 3.41. The van der Waals surface area contributed by atoms with Gasteiger partial charge in [0.1, 0.15) is 23.0 Å². The van der Waals surface area contributed by atoms with Crippen LogP contribution in [0.2, 0.25) is 0 Å². The maximum Gasteiger partial charge on any atom is 0.296 e. The van der Waals surface area contributed by atoms with Crippen LogP contribution in [0.25, 0.3) is 5.76 Å². The summed E-state index contributed by atoms with van der Waals surface area (Å²) < 4.78 is 15.9. The van der Waals surface area contributed by atoms with E-state index in [0.717, 1.165) is 0 Å². The van der Waals surface area contributed by atoms with Crippen LogP contribution in [0, 0.1) is 0 Å². The number of likely N-dealkylation sites (tertiary alicyclic amines) is 1. The highest BCUT2D eigenvalue weighted by Crippen LogP contribution is 2.41. The van der Waals surface area contributed by atoms with Crippen molar-refractivity contribution in [1.82, 2.24) is 4.90 Å². The minimum absolute atomic E-state index is 0.00924. The van der Waals surface area contributed by atoms with E-state index in [2.05, 4.69) is 0 Å². The van der Waals surface area contributed by atoms with Gasteiger partial charge in [0.05, 0.1) is 38.6 Å². The second kappa shape index (κ2) is 8.39. The number of methoxy groups -OCH3 is 2. The zero-order chi connectivity index (χ0) is 22.0. The van der Waals surface area contributed by atoms with Crippen molar-refractivity contribution in [2.45, 2.75) is 12.6 Å². The number of benzene rings is 2. The molecule has 7 heteroatoms. The van der Waals surface area contributed by atoms with Crippen LogP contribution in [-0.2, 0) is 16.1 Å². The molecule has 1 fully saturated rings. The van der Waals surface area contributed by atoms with Gasteiger partial charge >= 0.3 is 0 Å². The summed E-state index contributed by atoms with van der Waals surface area (Å²) in [4.78, 5) is 27.4. The SMILES string of the molecule is COc1ccc(C(O)=C2C(=O)C(=O)N(Cc3ccco3)C2c2cccc(OC)c2)cc1. The van der Waals surface area contributed by atoms with Gasteiger partial charge in [-0.15, -0.1) is 0 Å². The van der Waals surface area contributed by atoms with E-state index in [9.17, 15) is 14.7 Å². The summed E-state index contributed by atoms with van der Waals surface area (Å²) in [5.41, 5.74) is 1.06. The summed E-state index contributed by atoms with van der Waals surface area (Å²) >= 11 is 0. The molecule has 0 radical (unpaired) electrons. The molecule has 31 heavy (non-hydrogen) atoms. The highest BCUT2D eigenvalue weighted by molar-refractivity contribution is 6.46. The summed E-state index contributed by atoms with van der Waals surface area (Å²) in [5, 5.41) is 11.1. The number of furan rings is 1. The maximum atomic E-state index is 13.0. The number of ether oxygens (including phenoxy) is 2. The van der Waals surface area contributed by atoms with E-state index >= 15 is 0 Å². The Kier molecular flexibility index (Phi) is 5.49. The smallest absolute Gasteiger partial charge is 0.296 e. The molecule has 1 atom stereocenters. The lowest BCUT2D eigenvalue weighted by Crippen LogP contribution is -2.29. The largest absolute Gasteiger partial charge is 0.507 e. The number of aliphatic hydroxyl groups is 1. The fraction of sp³-hybridized carbons (Fsp3) is 0.167. The minimum Gasteiger partial charge on any atom is -0.507 e. The maximum absolute atomic E-state index is 13.0. The van der Waals surface area contributed by atoms with Gasteiger partial charge in [-0.2, -0.15) is 0 Å². The van der Waals surface area contributed by atoms with E-state index in [4.69, 9.17) is 13.9 Å². The lowest BCUT2D eigenvalue weighted by molar-refractivity contribution is -0.140. The van der Waals surface area contributed by atoms with Crippen LogP contribution in [0.5, 0.6) is 11.5 Å². The van der Waals surface area contributed by atoms with Gasteiger partial charge in [0, 0.05) is 5.56 Å². The Balaban J connectivity index is 1.86. The lowest BCUT2D eigenvalue weighted by atomic mass is 9.95. The summed E-state index contributed by atoms with van der Waals surface area (Å²) in [6.07, 6.45) is 1.50. The first-order valence-corrected chi connectivity index (χ1v) is 9.62. The molecule has 3 aromatic rings. The molecule has 1 saturated heterocycles. The first kappa shape index (κ1) is 20.3. The first-order valence-electron chi connectivity index (χ1n) is 9.62. The van der Waals surface area contributed by atoms with Crippen molar-refractivity contribution >= 4 is 17.4 Å². The summed E-state index contributed by atoms with van der Waals surface area (Å²) in [7, 11) is 3.08. The molecule has 2 heterocycles. The number of nitrogens with zero attached hydrogens (tertiary/aromatic N) is 1. The number of hydrogen-bond donors (Lipinski definition) is 1. The number of carbonyl (C=O) groups is 2. The van der Waals surface area contributed by atoms with E-state index in [1.54, 1.807) is 60.7 Å². The predicted octanol–water partition coefficient (Wildman–Crippen LogP) is 3.92. The van der Waals surface area contributed by atoms with Gasteiger partial charge in [0.2, 0.25) is 0 Å². The van der Waals surface area contributed by atoms with Crippen LogP contribution in [0.15, 0.2) is 76.9 Å². The Morgan fingerprint density at radius 3 is 2.39 bits per heavy atom. The molecule has 1 aromatic heterocycles. The Morgan fingerprint density at radius 1 is 1.00 bits per heavy atom. The number of amides is 1. The Labute approximate surface area is 179 Å². The normalized spacial score (nSPS) is 17.7.